The Labute approximate surface area is 131 Å². The van der Waals surface area contributed by atoms with E-state index in [2.05, 4.69) is 10.3 Å². The van der Waals surface area contributed by atoms with Crippen molar-refractivity contribution in [3.63, 3.8) is 0 Å². The summed E-state index contributed by atoms with van der Waals surface area (Å²) in [6.45, 7) is 3.77. The van der Waals surface area contributed by atoms with Crippen LogP contribution in [-0.2, 0) is 9.59 Å². The zero-order valence-electron chi connectivity index (χ0n) is 13.0. The number of hydrogen-bond acceptors (Lipinski definition) is 4. The molecule has 0 aliphatic carbocycles. The number of amides is 2. The number of carbonyl (C=O) groups is 2. The van der Waals surface area contributed by atoms with Gasteiger partial charge in [-0.2, -0.15) is 0 Å². The second-order valence-electron chi connectivity index (χ2n) is 5.76. The lowest BCUT2D eigenvalue weighted by Crippen LogP contribution is -2.41. The van der Waals surface area contributed by atoms with Crippen LogP contribution in [0.2, 0.25) is 0 Å². The molecule has 2 heterocycles. The van der Waals surface area contributed by atoms with E-state index in [9.17, 15) is 9.59 Å². The minimum Gasteiger partial charge on any atom is -0.343 e. The number of nitrogens with zero attached hydrogens (tertiary/aromatic N) is 2. The molecule has 6 nitrogen and oxygen atoms in total. The average molecular weight is 304 g/mol. The minimum absolute atomic E-state index is 0.00888. The van der Waals surface area contributed by atoms with E-state index < -0.39 is 0 Å². The fourth-order valence-electron chi connectivity index (χ4n) is 2.57. The van der Waals surface area contributed by atoms with E-state index in [1.165, 1.54) is 0 Å². The predicted molar refractivity (Wildman–Crippen MR) is 85.2 cm³/mol. The van der Waals surface area contributed by atoms with Crippen molar-refractivity contribution in [1.29, 1.82) is 0 Å². The molecule has 3 N–H and O–H groups in total. The van der Waals surface area contributed by atoms with Crippen LogP contribution in [0.15, 0.2) is 18.3 Å². The van der Waals surface area contributed by atoms with Crippen molar-refractivity contribution in [2.45, 2.75) is 32.6 Å². The number of carbonyl (C=O) groups excluding carboxylic acids is 2. The van der Waals surface area contributed by atoms with E-state index in [1.54, 1.807) is 12.3 Å². The van der Waals surface area contributed by atoms with Crippen LogP contribution in [-0.4, -0.2) is 41.3 Å². The molecule has 22 heavy (non-hydrogen) atoms. The number of nitrogens with one attached hydrogen (secondary N) is 1. The van der Waals surface area contributed by atoms with Crippen LogP contribution in [0.5, 0.6) is 0 Å². The highest BCUT2D eigenvalue weighted by atomic mass is 16.2. The molecular weight excluding hydrogens is 280 g/mol. The Morgan fingerprint density at radius 2 is 2.09 bits per heavy atom. The molecule has 2 amide bonds. The molecule has 1 aliphatic rings. The lowest BCUT2D eigenvalue weighted by Gasteiger charge is -2.31. The summed E-state index contributed by atoms with van der Waals surface area (Å²) in [5, 5.41) is 2.85. The van der Waals surface area contributed by atoms with Crippen LogP contribution in [0.1, 0.15) is 31.2 Å². The van der Waals surface area contributed by atoms with Crippen molar-refractivity contribution in [2.24, 2.45) is 11.7 Å². The number of nitrogens with two attached hydrogens (primary N) is 1. The normalized spacial score (nSPS) is 15.6. The molecule has 0 aromatic carbocycles. The van der Waals surface area contributed by atoms with Crippen LogP contribution in [0, 0.1) is 12.8 Å². The highest BCUT2D eigenvalue weighted by Gasteiger charge is 2.27. The highest BCUT2D eigenvalue weighted by molar-refractivity contribution is 5.91. The number of likely N-dealkylation sites (tertiary alicyclic amines) is 1. The van der Waals surface area contributed by atoms with Gasteiger partial charge >= 0.3 is 0 Å². The number of aryl methyl sites for hydroxylation is 1. The molecule has 120 valence electrons. The fraction of sp³-hybridized carbons (Fsp3) is 0.562. The van der Waals surface area contributed by atoms with Crippen LogP contribution < -0.4 is 11.1 Å². The molecule has 1 aromatic rings. The zero-order valence-corrected chi connectivity index (χ0v) is 13.0. The first-order valence-electron chi connectivity index (χ1n) is 7.81. The first kappa shape index (κ1) is 16.4. The predicted octanol–water partition coefficient (Wildman–Crippen LogP) is 1.31. The van der Waals surface area contributed by atoms with Crippen molar-refractivity contribution in [1.82, 2.24) is 9.88 Å². The van der Waals surface area contributed by atoms with Crippen molar-refractivity contribution < 1.29 is 9.59 Å². The summed E-state index contributed by atoms with van der Waals surface area (Å²) >= 11 is 0. The monoisotopic (exact) mass is 304 g/mol. The number of anilines is 1. The Hall–Kier alpha value is -1.95. The quantitative estimate of drug-likeness (QED) is 0.858. The first-order chi connectivity index (χ1) is 10.6. The Balaban J connectivity index is 1.79. The fourth-order valence-corrected chi connectivity index (χ4v) is 2.57. The standard InChI is InChI=1S/C16H24N4O2/c1-12-4-5-14(18-11-12)19-16(22)13-6-9-20(10-7-13)15(21)3-2-8-17/h4-5,11,13H,2-3,6-10,17H2,1H3,(H,18,19,22). The summed E-state index contributed by atoms with van der Waals surface area (Å²) in [6, 6.07) is 3.72. The maximum Gasteiger partial charge on any atom is 0.228 e. The summed E-state index contributed by atoms with van der Waals surface area (Å²) in [7, 11) is 0. The smallest absolute Gasteiger partial charge is 0.228 e. The van der Waals surface area contributed by atoms with Crippen molar-refractivity contribution in [3.8, 4) is 0 Å². The largest absolute Gasteiger partial charge is 0.343 e. The third-order valence-electron chi connectivity index (χ3n) is 3.98. The van der Waals surface area contributed by atoms with Gasteiger partial charge in [0.2, 0.25) is 11.8 Å². The molecule has 1 aromatic heterocycles. The minimum atomic E-state index is -0.0540. The highest BCUT2D eigenvalue weighted by Crippen LogP contribution is 2.19. The van der Waals surface area contributed by atoms with Gasteiger partial charge in [0.05, 0.1) is 0 Å². The number of piperidine rings is 1. The molecule has 2 rings (SSSR count). The Morgan fingerprint density at radius 1 is 1.36 bits per heavy atom. The maximum atomic E-state index is 12.2. The lowest BCUT2D eigenvalue weighted by atomic mass is 9.95. The van der Waals surface area contributed by atoms with E-state index in [-0.39, 0.29) is 17.7 Å². The molecule has 0 atom stereocenters. The van der Waals surface area contributed by atoms with Crippen LogP contribution >= 0.6 is 0 Å². The second-order valence-corrected chi connectivity index (χ2v) is 5.76. The van der Waals surface area contributed by atoms with E-state index in [1.807, 2.05) is 17.9 Å². The van der Waals surface area contributed by atoms with Gasteiger partial charge in [-0.25, -0.2) is 4.98 Å². The first-order valence-corrected chi connectivity index (χ1v) is 7.81. The number of rotatable bonds is 5. The summed E-state index contributed by atoms with van der Waals surface area (Å²) in [6.07, 6.45) is 4.35. The lowest BCUT2D eigenvalue weighted by molar-refractivity contribution is -0.134. The van der Waals surface area contributed by atoms with Gasteiger partial charge in [0.25, 0.3) is 0 Å². The summed E-state index contributed by atoms with van der Waals surface area (Å²) in [4.78, 5) is 30.2. The van der Waals surface area contributed by atoms with Crippen LogP contribution in [0.3, 0.4) is 0 Å². The molecule has 6 heteroatoms. The molecule has 0 unspecified atom stereocenters. The third-order valence-corrected chi connectivity index (χ3v) is 3.98. The average Bonchev–Trinajstić information content (AvgIpc) is 2.55. The van der Waals surface area contributed by atoms with Crippen LogP contribution in [0.25, 0.3) is 0 Å². The molecule has 1 fully saturated rings. The molecule has 0 saturated carbocycles. The van der Waals surface area contributed by atoms with Crippen molar-refractivity contribution >= 4 is 17.6 Å². The molecule has 0 bridgehead atoms. The molecule has 0 radical (unpaired) electrons. The van der Waals surface area contributed by atoms with Gasteiger partial charge in [0.1, 0.15) is 5.82 Å². The van der Waals surface area contributed by atoms with Gasteiger partial charge in [0.15, 0.2) is 0 Å². The van der Waals surface area contributed by atoms with Crippen molar-refractivity contribution in [2.75, 3.05) is 25.0 Å². The molecular formula is C16H24N4O2. The SMILES string of the molecule is Cc1ccc(NC(=O)C2CCN(C(=O)CCCN)CC2)nc1. The Morgan fingerprint density at radius 3 is 2.68 bits per heavy atom. The Bertz CT molecular complexity index is 507. The molecule has 1 saturated heterocycles. The van der Waals surface area contributed by atoms with Gasteiger partial charge in [-0.15, -0.1) is 0 Å². The van der Waals surface area contributed by atoms with E-state index >= 15 is 0 Å². The number of aromatic nitrogens is 1. The van der Waals surface area contributed by atoms with Gasteiger partial charge in [-0.05, 0) is 44.4 Å². The van der Waals surface area contributed by atoms with Crippen LogP contribution in [0.4, 0.5) is 5.82 Å². The van der Waals surface area contributed by atoms with E-state index in [0.29, 0.717) is 44.7 Å². The molecule has 0 spiro atoms. The maximum absolute atomic E-state index is 12.2. The van der Waals surface area contributed by atoms with E-state index in [4.69, 9.17) is 5.73 Å². The van der Waals surface area contributed by atoms with Gasteiger partial charge < -0.3 is 16.0 Å². The van der Waals surface area contributed by atoms with Gasteiger partial charge in [-0.1, -0.05) is 6.07 Å². The summed E-state index contributed by atoms with van der Waals surface area (Å²) in [5.74, 6) is 0.661. The summed E-state index contributed by atoms with van der Waals surface area (Å²) < 4.78 is 0. The Kier molecular flexibility index (Phi) is 5.89. The van der Waals surface area contributed by atoms with Gasteiger partial charge in [-0.3, -0.25) is 9.59 Å². The van der Waals surface area contributed by atoms with E-state index in [0.717, 1.165) is 12.0 Å². The van der Waals surface area contributed by atoms with Crippen molar-refractivity contribution in [3.05, 3.63) is 23.9 Å². The second kappa shape index (κ2) is 7.89. The number of pyridine rings is 1. The summed E-state index contributed by atoms with van der Waals surface area (Å²) in [5.41, 5.74) is 6.48. The third kappa shape index (κ3) is 4.53. The zero-order chi connectivity index (χ0) is 15.9. The molecule has 1 aliphatic heterocycles. The topological polar surface area (TPSA) is 88.3 Å². The number of hydrogen-bond donors (Lipinski definition) is 2. The van der Waals surface area contributed by atoms with Gasteiger partial charge in [0, 0.05) is 31.6 Å².